The first-order valence-corrected chi connectivity index (χ1v) is 15.9. The number of hydrogen-bond acceptors (Lipinski definition) is 6. The summed E-state index contributed by atoms with van der Waals surface area (Å²) in [5.74, 6) is 0.501. The van der Waals surface area contributed by atoms with Gasteiger partial charge in [0.05, 0.1) is 12.4 Å². The molecule has 10 heteroatoms. The van der Waals surface area contributed by atoms with Gasteiger partial charge in [-0.05, 0) is 100 Å². The molecule has 0 aliphatic carbocycles. The first-order valence-electron chi connectivity index (χ1n) is 14.0. The number of aromatic hydroxyl groups is 2. The number of rotatable bonds is 17. The van der Waals surface area contributed by atoms with Gasteiger partial charge in [0.25, 0.3) is 0 Å². The lowest BCUT2D eigenvalue weighted by Crippen LogP contribution is -2.18. The number of thiol groups is 2. The third-order valence-corrected chi connectivity index (χ3v) is 9.84. The summed E-state index contributed by atoms with van der Waals surface area (Å²) in [5.41, 5.74) is 0.298. The van der Waals surface area contributed by atoms with Crippen LogP contribution in [0.2, 0.25) is 0 Å². The molecule has 2 unspecified atom stereocenters. The van der Waals surface area contributed by atoms with Crippen LogP contribution in [0.3, 0.4) is 0 Å². The van der Waals surface area contributed by atoms with Gasteiger partial charge in [-0.1, -0.05) is 27.7 Å². The molecule has 0 aliphatic rings. The van der Waals surface area contributed by atoms with Crippen LogP contribution in [0, 0.1) is 20.4 Å². The Morgan fingerprint density at radius 3 is 1.32 bits per heavy atom. The minimum absolute atomic E-state index is 0.149. The molecule has 0 fully saturated rings. The van der Waals surface area contributed by atoms with Gasteiger partial charge in [-0.3, -0.25) is 9.13 Å². The molecular formula is C28H50N4O2S4. The van der Waals surface area contributed by atoms with Crippen molar-refractivity contribution in [2.75, 3.05) is 0 Å². The van der Waals surface area contributed by atoms with E-state index in [4.69, 9.17) is 49.7 Å². The van der Waals surface area contributed by atoms with Gasteiger partial charge in [0, 0.05) is 36.7 Å². The Balaban J connectivity index is 1.71. The molecule has 0 amide bonds. The Kier molecular flexibility index (Phi) is 12.9. The molecule has 0 radical (unpaired) electrons. The van der Waals surface area contributed by atoms with Crippen molar-refractivity contribution in [2.45, 2.75) is 130 Å². The van der Waals surface area contributed by atoms with E-state index in [9.17, 15) is 10.2 Å². The van der Waals surface area contributed by atoms with Crippen LogP contribution in [-0.4, -0.2) is 39.0 Å². The summed E-state index contributed by atoms with van der Waals surface area (Å²) in [6.45, 7) is 16.2. The molecule has 0 aliphatic heterocycles. The van der Waals surface area contributed by atoms with Gasteiger partial charge in [-0.15, -0.1) is 0 Å². The van der Waals surface area contributed by atoms with Crippen molar-refractivity contribution in [2.24, 2.45) is 10.8 Å². The first-order chi connectivity index (χ1) is 17.7. The van der Waals surface area contributed by atoms with Gasteiger partial charge in [-0.2, -0.15) is 25.3 Å². The lowest BCUT2D eigenvalue weighted by molar-refractivity contribution is 0.267. The summed E-state index contributed by atoms with van der Waals surface area (Å²) in [6.07, 6.45) is 11.8. The molecule has 6 nitrogen and oxygen atoms in total. The second kappa shape index (κ2) is 14.7. The Labute approximate surface area is 251 Å². The van der Waals surface area contributed by atoms with E-state index in [1.54, 1.807) is 12.4 Å². The van der Waals surface area contributed by atoms with Crippen molar-refractivity contribution in [1.82, 2.24) is 18.3 Å². The van der Waals surface area contributed by atoms with Crippen LogP contribution in [-0.2, 0) is 26.2 Å². The topological polar surface area (TPSA) is 60.2 Å². The quantitative estimate of drug-likeness (QED) is 0.109. The van der Waals surface area contributed by atoms with Gasteiger partial charge < -0.3 is 19.3 Å². The molecule has 38 heavy (non-hydrogen) atoms. The number of hydrogen-bond donors (Lipinski definition) is 4. The standard InChI is InChI=1S/C28H50N4O2S4/c1-7-29-19-23(33)31(25(29)37)17-15-27(3,4)13-11-21(35)9-10-22(36)12-14-28(5,6)16-18-32-24(34)20-30(8-2)26(32)38/h19-22,33-36H,7-18H2,1-6H3. The van der Waals surface area contributed by atoms with Crippen molar-refractivity contribution in [3.63, 3.8) is 0 Å². The average molecular weight is 603 g/mol. The van der Waals surface area contributed by atoms with E-state index in [1.165, 1.54) is 0 Å². The van der Waals surface area contributed by atoms with Crippen LogP contribution in [0.1, 0.15) is 92.9 Å². The molecule has 0 saturated carbocycles. The Morgan fingerprint density at radius 2 is 1.03 bits per heavy atom. The molecule has 0 saturated heterocycles. The van der Waals surface area contributed by atoms with Crippen molar-refractivity contribution in [3.8, 4) is 11.8 Å². The van der Waals surface area contributed by atoms with Gasteiger partial charge in [-0.25, -0.2) is 0 Å². The maximum absolute atomic E-state index is 10.2. The summed E-state index contributed by atoms with van der Waals surface area (Å²) in [4.78, 5) is 0. The highest BCUT2D eigenvalue weighted by Gasteiger charge is 2.23. The molecule has 0 bridgehead atoms. The molecule has 0 aromatic carbocycles. The van der Waals surface area contributed by atoms with Crippen molar-refractivity contribution < 1.29 is 10.2 Å². The molecular weight excluding hydrogens is 553 g/mol. The minimum Gasteiger partial charge on any atom is -0.493 e. The maximum Gasteiger partial charge on any atom is 0.210 e. The smallest absolute Gasteiger partial charge is 0.210 e. The van der Waals surface area contributed by atoms with E-state index in [0.29, 0.717) is 20.0 Å². The average Bonchev–Trinajstić information content (AvgIpc) is 3.30. The zero-order chi connectivity index (χ0) is 28.7. The number of imidazole rings is 2. The molecule has 2 aromatic heterocycles. The first kappa shape index (κ1) is 33.4. The van der Waals surface area contributed by atoms with Crippen LogP contribution in [0.25, 0.3) is 0 Å². The minimum atomic E-state index is 0.149. The Bertz CT molecular complexity index is 1040. The van der Waals surface area contributed by atoms with E-state index in [1.807, 2.05) is 32.1 Å². The largest absolute Gasteiger partial charge is 0.493 e. The molecule has 0 spiro atoms. The van der Waals surface area contributed by atoms with Gasteiger partial charge >= 0.3 is 0 Å². The number of aromatic nitrogens is 4. The van der Waals surface area contributed by atoms with Crippen molar-refractivity contribution in [3.05, 3.63) is 21.9 Å². The van der Waals surface area contributed by atoms with Crippen LogP contribution in [0.4, 0.5) is 0 Å². The lowest BCUT2D eigenvalue weighted by Gasteiger charge is -2.27. The Morgan fingerprint density at radius 1 is 0.684 bits per heavy atom. The highest BCUT2D eigenvalue weighted by atomic mass is 32.1. The summed E-state index contributed by atoms with van der Waals surface area (Å²) in [5, 5.41) is 21.2. The molecule has 2 heterocycles. The fourth-order valence-electron chi connectivity index (χ4n) is 4.78. The van der Waals surface area contributed by atoms with Crippen LogP contribution < -0.4 is 0 Å². The summed E-state index contributed by atoms with van der Waals surface area (Å²) in [6, 6.07) is 0. The van der Waals surface area contributed by atoms with Crippen molar-refractivity contribution >= 4 is 49.7 Å². The zero-order valence-electron chi connectivity index (χ0n) is 24.2. The lowest BCUT2D eigenvalue weighted by atomic mass is 9.82. The van der Waals surface area contributed by atoms with E-state index in [-0.39, 0.29) is 22.6 Å². The monoisotopic (exact) mass is 602 g/mol. The fraction of sp³-hybridized carbons (Fsp3) is 0.786. The third-order valence-electron chi connectivity index (χ3n) is 7.90. The SMILES string of the molecule is CCn1cc(O)n(CCC(C)(C)CCC(S)CCC(S)CCC(C)(C)CCn2c(O)cn(CC)c2=S)c1=S. The summed E-state index contributed by atoms with van der Waals surface area (Å²) < 4.78 is 8.86. The molecule has 2 N–H and O–H groups in total. The van der Waals surface area contributed by atoms with E-state index >= 15 is 0 Å². The third kappa shape index (κ3) is 9.97. The van der Waals surface area contributed by atoms with Crippen molar-refractivity contribution in [1.29, 1.82) is 0 Å². The highest BCUT2D eigenvalue weighted by Crippen LogP contribution is 2.33. The van der Waals surface area contributed by atoms with E-state index < -0.39 is 0 Å². The normalized spacial score (nSPS) is 14.2. The van der Waals surface area contributed by atoms with Gasteiger partial charge in [0.15, 0.2) is 9.54 Å². The fourth-order valence-corrected chi connectivity index (χ4v) is 6.06. The zero-order valence-corrected chi connectivity index (χ0v) is 27.6. The number of nitrogens with zero attached hydrogens (tertiary/aromatic N) is 4. The Hall–Kier alpha value is -0.840. The number of aryl methyl sites for hydroxylation is 2. The molecule has 2 atom stereocenters. The molecule has 218 valence electrons. The predicted octanol–water partition coefficient (Wildman–Crippen LogP) is 8.27. The second-order valence-electron chi connectivity index (χ2n) is 12.2. The molecule has 2 aromatic rings. The second-order valence-corrected chi connectivity index (χ2v) is 14.4. The van der Waals surface area contributed by atoms with E-state index in [0.717, 1.165) is 77.5 Å². The molecule has 2 rings (SSSR count). The van der Waals surface area contributed by atoms with Crippen LogP contribution >= 0.6 is 49.7 Å². The predicted molar refractivity (Wildman–Crippen MR) is 171 cm³/mol. The van der Waals surface area contributed by atoms with Gasteiger partial charge in [0.1, 0.15) is 0 Å². The maximum atomic E-state index is 10.2. The van der Waals surface area contributed by atoms with Gasteiger partial charge in [0.2, 0.25) is 11.8 Å². The highest BCUT2D eigenvalue weighted by molar-refractivity contribution is 7.81. The van der Waals surface area contributed by atoms with E-state index in [2.05, 4.69) is 27.7 Å². The summed E-state index contributed by atoms with van der Waals surface area (Å²) in [7, 11) is 0. The van der Waals surface area contributed by atoms with Crippen LogP contribution in [0.5, 0.6) is 11.8 Å². The van der Waals surface area contributed by atoms with Crippen LogP contribution in [0.15, 0.2) is 12.4 Å². The summed E-state index contributed by atoms with van der Waals surface area (Å²) >= 11 is 20.8.